The van der Waals surface area contributed by atoms with Crippen LogP contribution in [0.2, 0.25) is 0 Å². The lowest BCUT2D eigenvalue weighted by Crippen LogP contribution is -2.44. The van der Waals surface area contributed by atoms with Crippen LogP contribution < -0.4 is 16.2 Å². The van der Waals surface area contributed by atoms with E-state index in [-0.39, 0.29) is 29.1 Å². The molecule has 0 unspecified atom stereocenters. The van der Waals surface area contributed by atoms with Crippen molar-refractivity contribution in [2.75, 3.05) is 6.54 Å². The molecule has 5 N–H and O–H groups in total. The second-order valence-electron chi connectivity index (χ2n) is 5.00. The molecular formula is C13H22ClN3O3S. The Hall–Kier alpha value is -1.15. The first-order valence-corrected chi connectivity index (χ1v) is 7.91. The fourth-order valence-corrected chi connectivity index (χ4v) is 2.11. The summed E-state index contributed by atoms with van der Waals surface area (Å²) in [6, 6.07) is 5.74. The average Bonchev–Trinajstić information content (AvgIpc) is 2.37. The van der Waals surface area contributed by atoms with Crippen molar-refractivity contribution in [2.45, 2.75) is 31.2 Å². The van der Waals surface area contributed by atoms with Crippen molar-refractivity contribution >= 4 is 28.3 Å². The predicted molar refractivity (Wildman–Crippen MR) is 84.6 cm³/mol. The minimum absolute atomic E-state index is 0. The van der Waals surface area contributed by atoms with Crippen LogP contribution in [0, 0.1) is 5.92 Å². The maximum atomic E-state index is 11.6. The molecule has 8 heteroatoms. The molecule has 0 spiro atoms. The standard InChI is InChI=1S/C13H21N3O3S.ClH/c1-9(2)12(14)13(17)16-8-7-10-3-5-11(6-4-10)20(15,18)19;/h3-6,9,12H,7-8,14H2,1-2H3,(H,16,17)(H2,15,18,19);1H/t12-;/m1./s1. The minimum Gasteiger partial charge on any atom is -0.354 e. The van der Waals surface area contributed by atoms with Crippen molar-refractivity contribution in [1.29, 1.82) is 0 Å². The van der Waals surface area contributed by atoms with Gasteiger partial charge in [-0.1, -0.05) is 26.0 Å². The summed E-state index contributed by atoms with van der Waals surface area (Å²) in [6.45, 7) is 4.22. The SMILES string of the molecule is CC(C)[C@@H](N)C(=O)NCCc1ccc(S(N)(=O)=O)cc1.Cl. The summed E-state index contributed by atoms with van der Waals surface area (Å²) in [5.74, 6) is -0.0924. The molecule has 6 nitrogen and oxygen atoms in total. The molecule has 0 aliphatic rings. The van der Waals surface area contributed by atoms with E-state index in [0.29, 0.717) is 13.0 Å². The molecule has 0 bridgehead atoms. The first kappa shape index (κ1) is 19.9. The Morgan fingerprint density at radius 1 is 1.24 bits per heavy atom. The predicted octanol–water partition coefficient (Wildman–Crippen LogP) is 0.398. The van der Waals surface area contributed by atoms with Crippen LogP contribution in [-0.4, -0.2) is 26.9 Å². The van der Waals surface area contributed by atoms with Crippen molar-refractivity contribution in [1.82, 2.24) is 5.32 Å². The molecule has 0 saturated carbocycles. The zero-order chi connectivity index (χ0) is 15.3. The van der Waals surface area contributed by atoms with Gasteiger partial charge >= 0.3 is 0 Å². The minimum atomic E-state index is -3.66. The third-order valence-corrected chi connectivity index (χ3v) is 3.92. The molecule has 1 amide bonds. The van der Waals surface area contributed by atoms with Gasteiger partial charge in [0.2, 0.25) is 15.9 Å². The number of primary sulfonamides is 1. The third kappa shape index (κ3) is 6.43. The molecule has 1 aromatic rings. The molecule has 0 saturated heterocycles. The Balaban J connectivity index is 0.00000400. The van der Waals surface area contributed by atoms with Crippen molar-refractivity contribution in [3.63, 3.8) is 0 Å². The number of sulfonamides is 1. The van der Waals surface area contributed by atoms with Gasteiger partial charge in [-0.15, -0.1) is 12.4 Å². The maximum absolute atomic E-state index is 11.6. The van der Waals surface area contributed by atoms with Crippen molar-refractivity contribution in [2.24, 2.45) is 16.8 Å². The topological polar surface area (TPSA) is 115 Å². The van der Waals surface area contributed by atoms with E-state index >= 15 is 0 Å². The first-order chi connectivity index (χ1) is 9.21. The van der Waals surface area contributed by atoms with Crippen molar-refractivity contribution in [3.8, 4) is 0 Å². The second kappa shape index (κ2) is 8.33. The Bertz CT molecular complexity index is 559. The molecule has 0 fully saturated rings. The number of nitrogens with two attached hydrogens (primary N) is 2. The zero-order valence-electron chi connectivity index (χ0n) is 12.1. The number of carbonyl (C=O) groups is 1. The lowest BCUT2D eigenvalue weighted by molar-refractivity contribution is -0.123. The molecule has 0 aliphatic heterocycles. The zero-order valence-corrected chi connectivity index (χ0v) is 13.7. The number of hydrogen-bond donors (Lipinski definition) is 3. The van der Waals surface area contributed by atoms with Gasteiger partial charge in [0.1, 0.15) is 0 Å². The Morgan fingerprint density at radius 3 is 2.19 bits per heavy atom. The third-order valence-electron chi connectivity index (χ3n) is 2.99. The Kier molecular flexibility index (Phi) is 7.87. The van der Waals surface area contributed by atoms with Crippen molar-refractivity contribution in [3.05, 3.63) is 29.8 Å². The van der Waals surface area contributed by atoms with E-state index < -0.39 is 16.1 Å². The lowest BCUT2D eigenvalue weighted by Gasteiger charge is -2.15. The summed E-state index contributed by atoms with van der Waals surface area (Å²) in [5.41, 5.74) is 6.63. The monoisotopic (exact) mass is 335 g/mol. The highest BCUT2D eigenvalue weighted by atomic mass is 35.5. The fourth-order valence-electron chi connectivity index (χ4n) is 1.60. The van der Waals surface area contributed by atoms with Gasteiger partial charge in [-0.05, 0) is 30.0 Å². The summed E-state index contributed by atoms with van der Waals surface area (Å²) in [7, 11) is -3.66. The number of hydrogen-bond acceptors (Lipinski definition) is 4. The van der Waals surface area contributed by atoms with Crippen LogP contribution in [-0.2, 0) is 21.2 Å². The highest BCUT2D eigenvalue weighted by Gasteiger charge is 2.16. The second-order valence-corrected chi connectivity index (χ2v) is 6.56. The van der Waals surface area contributed by atoms with Gasteiger partial charge in [-0.3, -0.25) is 4.79 Å². The van der Waals surface area contributed by atoms with Crippen LogP contribution >= 0.6 is 12.4 Å². The largest absolute Gasteiger partial charge is 0.354 e. The number of carbonyl (C=O) groups excluding carboxylic acids is 1. The molecule has 21 heavy (non-hydrogen) atoms. The molecule has 0 radical (unpaired) electrons. The number of nitrogens with one attached hydrogen (secondary N) is 1. The fraction of sp³-hybridized carbons (Fsp3) is 0.462. The number of halogens is 1. The summed E-state index contributed by atoms with van der Waals surface area (Å²) >= 11 is 0. The quantitative estimate of drug-likeness (QED) is 0.697. The smallest absolute Gasteiger partial charge is 0.238 e. The maximum Gasteiger partial charge on any atom is 0.238 e. The molecule has 1 rings (SSSR count). The summed E-state index contributed by atoms with van der Waals surface area (Å²) < 4.78 is 22.2. The summed E-state index contributed by atoms with van der Waals surface area (Å²) in [5, 5.41) is 7.76. The van der Waals surface area contributed by atoms with Crippen molar-refractivity contribution < 1.29 is 13.2 Å². The van der Waals surface area contributed by atoms with Crippen LogP contribution in [0.25, 0.3) is 0 Å². The number of rotatable bonds is 6. The van der Waals surface area contributed by atoms with Crippen LogP contribution in [0.3, 0.4) is 0 Å². The van der Waals surface area contributed by atoms with Crippen LogP contribution in [0.1, 0.15) is 19.4 Å². The average molecular weight is 336 g/mol. The highest BCUT2D eigenvalue weighted by Crippen LogP contribution is 2.09. The molecular weight excluding hydrogens is 314 g/mol. The Morgan fingerprint density at radius 2 is 1.76 bits per heavy atom. The van der Waals surface area contributed by atoms with E-state index in [1.54, 1.807) is 12.1 Å². The van der Waals surface area contributed by atoms with Crippen LogP contribution in [0.15, 0.2) is 29.2 Å². The van der Waals surface area contributed by atoms with E-state index in [1.807, 2.05) is 13.8 Å². The van der Waals surface area contributed by atoms with Crippen LogP contribution in [0.5, 0.6) is 0 Å². The molecule has 1 aromatic carbocycles. The van der Waals surface area contributed by atoms with Gasteiger partial charge in [-0.25, -0.2) is 13.6 Å². The molecule has 0 heterocycles. The van der Waals surface area contributed by atoms with Gasteiger partial charge in [0.25, 0.3) is 0 Å². The first-order valence-electron chi connectivity index (χ1n) is 6.37. The van der Waals surface area contributed by atoms with Gasteiger partial charge in [0, 0.05) is 6.54 Å². The van der Waals surface area contributed by atoms with E-state index in [1.165, 1.54) is 12.1 Å². The van der Waals surface area contributed by atoms with Gasteiger partial charge in [0.15, 0.2) is 0 Å². The highest BCUT2D eigenvalue weighted by molar-refractivity contribution is 7.89. The van der Waals surface area contributed by atoms with E-state index in [4.69, 9.17) is 10.9 Å². The lowest BCUT2D eigenvalue weighted by atomic mass is 10.0. The number of amides is 1. The summed E-state index contributed by atoms with van der Waals surface area (Å²) in [4.78, 5) is 11.7. The van der Waals surface area contributed by atoms with E-state index in [9.17, 15) is 13.2 Å². The summed E-state index contributed by atoms with van der Waals surface area (Å²) in [6.07, 6.45) is 0.599. The van der Waals surface area contributed by atoms with Gasteiger partial charge in [-0.2, -0.15) is 0 Å². The molecule has 1 atom stereocenters. The normalized spacial score (nSPS) is 12.6. The molecule has 0 aromatic heterocycles. The van der Waals surface area contributed by atoms with Crippen LogP contribution in [0.4, 0.5) is 0 Å². The van der Waals surface area contributed by atoms with Gasteiger partial charge in [0.05, 0.1) is 10.9 Å². The molecule has 120 valence electrons. The van der Waals surface area contributed by atoms with E-state index in [2.05, 4.69) is 5.32 Å². The molecule has 0 aliphatic carbocycles. The Labute approximate surface area is 131 Å². The van der Waals surface area contributed by atoms with Gasteiger partial charge < -0.3 is 11.1 Å². The van der Waals surface area contributed by atoms with E-state index in [0.717, 1.165) is 5.56 Å². The number of benzene rings is 1.